The fourth-order valence-electron chi connectivity index (χ4n) is 5.15. The van der Waals surface area contributed by atoms with E-state index in [1.54, 1.807) is 18.2 Å². The summed E-state index contributed by atoms with van der Waals surface area (Å²) in [6.07, 6.45) is 6.65. The SMILES string of the molecule is CC[C@H](C(=O)NC1CCCCC1)N(Cc1ccc(C)cc1)C(=O)CN(c1ccc2c(c1)OCCO2)S(C)(=O)=O. The number of aryl methyl sites for hydroxylation is 1. The summed E-state index contributed by atoms with van der Waals surface area (Å²) in [5, 5.41) is 3.15. The van der Waals surface area contributed by atoms with E-state index in [9.17, 15) is 18.0 Å². The van der Waals surface area contributed by atoms with Gasteiger partial charge in [-0.2, -0.15) is 0 Å². The second-order valence-corrected chi connectivity index (χ2v) is 12.3. The zero-order valence-electron chi connectivity index (χ0n) is 23.0. The molecule has 1 N–H and O–H groups in total. The Kier molecular flexibility index (Phi) is 9.37. The molecule has 0 radical (unpaired) electrons. The second-order valence-electron chi connectivity index (χ2n) is 10.4. The molecule has 4 rings (SSSR count). The molecule has 2 aliphatic rings. The molecule has 39 heavy (non-hydrogen) atoms. The van der Waals surface area contributed by atoms with E-state index in [0.29, 0.717) is 36.8 Å². The maximum Gasteiger partial charge on any atom is 0.244 e. The van der Waals surface area contributed by atoms with Crippen LogP contribution in [0.3, 0.4) is 0 Å². The number of fused-ring (bicyclic) bond motifs is 1. The lowest BCUT2D eigenvalue weighted by Crippen LogP contribution is -2.53. The Morgan fingerprint density at radius 1 is 1.00 bits per heavy atom. The quantitative estimate of drug-likeness (QED) is 0.477. The van der Waals surface area contributed by atoms with Gasteiger partial charge in [0.15, 0.2) is 11.5 Å². The van der Waals surface area contributed by atoms with Crippen LogP contribution in [-0.4, -0.2) is 63.2 Å². The van der Waals surface area contributed by atoms with Crippen molar-refractivity contribution in [3.05, 3.63) is 53.6 Å². The zero-order chi connectivity index (χ0) is 28.0. The van der Waals surface area contributed by atoms with Crippen LogP contribution in [0.1, 0.15) is 56.6 Å². The number of hydrogen-bond donors (Lipinski definition) is 1. The van der Waals surface area contributed by atoms with Crippen molar-refractivity contribution in [3.8, 4) is 11.5 Å². The second kappa shape index (κ2) is 12.7. The summed E-state index contributed by atoms with van der Waals surface area (Å²) in [5.74, 6) is 0.294. The third-order valence-electron chi connectivity index (χ3n) is 7.30. The lowest BCUT2D eigenvalue weighted by Gasteiger charge is -2.34. The number of hydrogen-bond acceptors (Lipinski definition) is 6. The largest absolute Gasteiger partial charge is 0.486 e. The Labute approximate surface area is 231 Å². The van der Waals surface area contributed by atoms with Crippen molar-refractivity contribution in [1.29, 1.82) is 0 Å². The first kappa shape index (κ1) is 28.7. The van der Waals surface area contributed by atoms with Gasteiger partial charge in [0, 0.05) is 18.7 Å². The number of nitrogens with zero attached hydrogens (tertiary/aromatic N) is 2. The van der Waals surface area contributed by atoms with Gasteiger partial charge in [-0.25, -0.2) is 8.42 Å². The summed E-state index contributed by atoms with van der Waals surface area (Å²) in [6.45, 7) is 4.36. The molecule has 2 aromatic rings. The summed E-state index contributed by atoms with van der Waals surface area (Å²) in [5.41, 5.74) is 2.24. The van der Waals surface area contributed by atoms with Crippen molar-refractivity contribution >= 4 is 27.5 Å². The molecule has 1 aliphatic heterocycles. The Hall–Kier alpha value is -3.27. The Morgan fingerprint density at radius 2 is 1.67 bits per heavy atom. The fraction of sp³-hybridized carbons (Fsp3) is 0.517. The number of nitrogens with one attached hydrogen (secondary N) is 1. The molecule has 0 unspecified atom stereocenters. The van der Waals surface area contributed by atoms with Gasteiger partial charge in [-0.1, -0.05) is 56.0 Å². The minimum absolute atomic E-state index is 0.0989. The lowest BCUT2D eigenvalue weighted by molar-refractivity contribution is -0.140. The average Bonchev–Trinajstić information content (AvgIpc) is 2.92. The van der Waals surface area contributed by atoms with Crippen LogP contribution in [-0.2, 0) is 26.2 Å². The first-order valence-electron chi connectivity index (χ1n) is 13.7. The van der Waals surface area contributed by atoms with Crippen molar-refractivity contribution in [3.63, 3.8) is 0 Å². The van der Waals surface area contributed by atoms with E-state index in [-0.39, 0.29) is 18.5 Å². The molecule has 10 heteroatoms. The van der Waals surface area contributed by atoms with Gasteiger partial charge in [-0.05, 0) is 43.9 Å². The normalized spacial score (nSPS) is 16.3. The van der Waals surface area contributed by atoms with Gasteiger partial charge in [0.05, 0.1) is 11.9 Å². The highest BCUT2D eigenvalue weighted by atomic mass is 32.2. The van der Waals surface area contributed by atoms with Crippen LogP contribution in [0.4, 0.5) is 5.69 Å². The summed E-state index contributed by atoms with van der Waals surface area (Å²) in [7, 11) is -3.84. The summed E-state index contributed by atoms with van der Waals surface area (Å²) in [4.78, 5) is 28.9. The number of carbonyl (C=O) groups excluding carboxylic acids is 2. The number of amides is 2. The third kappa shape index (κ3) is 7.44. The van der Waals surface area contributed by atoms with Crippen molar-refractivity contribution in [2.24, 2.45) is 0 Å². The number of ether oxygens (including phenoxy) is 2. The molecular formula is C29H39N3O6S. The van der Waals surface area contributed by atoms with E-state index in [4.69, 9.17) is 9.47 Å². The monoisotopic (exact) mass is 557 g/mol. The molecule has 1 aliphatic carbocycles. The minimum Gasteiger partial charge on any atom is -0.486 e. The highest BCUT2D eigenvalue weighted by Crippen LogP contribution is 2.34. The van der Waals surface area contributed by atoms with Gasteiger partial charge in [-0.15, -0.1) is 0 Å². The standard InChI is InChI=1S/C29H39N3O6S/c1-4-25(29(34)30-23-8-6-5-7-9-23)31(19-22-12-10-21(2)11-13-22)28(33)20-32(39(3,35)36)24-14-15-26-27(18-24)38-17-16-37-26/h10-15,18,23,25H,4-9,16-17,19-20H2,1-3H3,(H,30,34)/t25-/m1/s1. The smallest absolute Gasteiger partial charge is 0.244 e. The van der Waals surface area contributed by atoms with Crippen LogP contribution < -0.4 is 19.1 Å². The van der Waals surface area contributed by atoms with E-state index in [0.717, 1.165) is 47.4 Å². The van der Waals surface area contributed by atoms with Crippen LogP contribution in [0.25, 0.3) is 0 Å². The van der Waals surface area contributed by atoms with E-state index in [1.807, 2.05) is 38.1 Å². The van der Waals surface area contributed by atoms with Gasteiger partial charge in [0.25, 0.3) is 0 Å². The van der Waals surface area contributed by atoms with Crippen LogP contribution in [0.5, 0.6) is 11.5 Å². The van der Waals surface area contributed by atoms with Crippen LogP contribution in [0.15, 0.2) is 42.5 Å². The maximum absolute atomic E-state index is 13.9. The Morgan fingerprint density at radius 3 is 2.31 bits per heavy atom. The fourth-order valence-corrected chi connectivity index (χ4v) is 6.00. The first-order valence-corrected chi connectivity index (χ1v) is 15.5. The van der Waals surface area contributed by atoms with Crippen molar-refractivity contribution in [1.82, 2.24) is 10.2 Å². The van der Waals surface area contributed by atoms with Crippen molar-refractivity contribution in [2.75, 3.05) is 30.3 Å². The summed E-state index contributed by atoms with van der Waals surface area (Å²) >= 11 is 0. The number of carbonyl (C=O) groups is 2. The van der Waals surface area contributed by atoms with Crippen LogP contribution >= 0.6 is 0 Å². The Balaban J connectivity index is 1.62. The van der Waals surface area contributed by atoms with Gasteiger partial charge in [0.1, 0.15) is 25.8 Å². The van der Waals surface area contributed by atoms with Crippen molar-refractivity contribution in [2.45, 2.75) is 71.0 Å². The molecule has 1 saturated carbocycles. The number of anilines is 1. The van der Waals surface area contributed by atoms with E-state index in [2.05, 4.69) is 5.32 Å². The maximum atomic E-state index is 13.9. The highest BCUT2D eigenvalue weighted by Gasteiger charge is 2.33. The molecule has 9 nitrogen and oxygen atoms in total. The lowest BCUT2D eigenvalue weighted by atomic mass is 9.95. The van der Waals surface area contributed by atoms with Gasteiger partial charge in [0.2, 0.25) is 21.8 Å². The molecule has 0 bridgehead atoms. The van der Waals surface area contributed by atoms with Crippen molar-refractivity contribution < 1.29 is 27.5 Å². The van der Waals surface area contributed by atoms with E-state index in [1.165, 1.54) is 11.3 Å². The summed E-state index contributed by atoms with van der Waals surface area (Å²) < 4.78 is 38.0. The topological polar surface area (TPSA) is 105 Å². The van der Waals surface area contributed by atoms with Crippen LogP contribution in [0.2, 0.25) is 0 Å². The number of rotatable bonds is 10. The molecule has 0 saturated heterocycles. The molecule has 0 spiro atoms. The molecule has 2 aromatic carbocycles. The molecular weight excluding hydrogens is 518 g/mol. The predicted molar refractivity (Wildman–Crippen MR) is 150 cm³/mol. The van der Waals surface area contributed by atoms with E-state index < -0.39 is 28.5 Å². The Bertz CT molecular complexity index is 1260. The molecule has 1 fully saturated rings. The predicted octanol–water partition coefficient (Wildman–Crippen LogP) is 3.79. The molecule has 0 aromatic heterocycles. The molecule has 1 atom stereocenters. The molecule has 1 heterocycles. The van der Waals surface area contributed by atoms with Crippen LogP contribution in [0, 0.1) is 6.92 Å². The first-order chi connectivity index (χ1) is 18.7. The van der Waals surface area contributed by atoms with Gasteiger partial charge < -0.3 is 19.7 Å². The molecule has 212 valence electrons. The zero-order valence-corrected chi connectivity index (χ0v) is 23.8. The van der Waals surface area contributed by atoms with Gasteiger partial charge >= 0.3 is 0 Å². The highest BCUT2D eigenvalue weighted by molar-refractivity contribution is 7.92. The van der Waals surface area contributed by atoms with Gasteiger partial charge in [-0.3, -0.25) is 13.9 Å². The minimum atomic E-state index is -3.84. The summed E-state index contributed by atoms with van der Waals surface area (Å²) in [6, 6.07) is 11.9. The average molecular weight is 558 g/mol. The van der Waals surface area contributed by atoms with E-state index >= 15 is 0 Å². The number of sulfonamides is 1. The molecule has 2 amide bonds. The third-order valence-corrected chi connectivity index (χ3v) is 8.44. The number of benzene rings is 2.